The van der Waals surface area contributed by atoms with Gasteiger partial charge < -0.3 is 10.2 Å². The first kappa shape index (κ1) is 14.6. The first-order chi connectivity index (χ1) is 9.67. The van der Waals surface area contributed by atoms with Crippen LogP contribution in [0.15, 0.2) is 12.1 Å². The lowest BCUT2D eigenvalue weighted by atomic mass is 10.2. The van der Waals surface area contributed by atoms with Crippen molar-refractivity contribution in [1.82, 2.24) is 4.98 Å². The Morgan fingerprint density at radius 1 is 1.40 bits per heavy atom. The Morgan fingerprint density at radius 3 is 2.65 bits per heavy atom. The Bertz CT molecular complexity index is 472. The Kier molecular flexibility index (Phi) is 4.76. The minimum absolute atomic E-state index is 0.0976. The number of nitro groups is 1. The maximum absolute atomic E-state index is 11.2. The zero-order chi connectivity index (χ0) is 14.5. The molecule has 6 nitrogen and oxygen atoms in total. The van der Waals surface area contributed by atoms with Crippen molar-refractivity contribution in [3.8, 4) is 0 Å². The average Bonchev–Trinajstić information content (AvgIpc) is 2.94. The summed E-state index contributed by atoms with van der Waals surface area (Å²) in [5.74, 6) is 1.20. The molecule has 1 aromatic heterocycles. The molecule has 0 aromatic carbocycles. The van der Waals surface area contributed by atoms with Gasteiger partial charge in [-0.3, -0.25) is 10.1 Å². The highest BCUT2D eigenvalue weighted by Gasteiger charge is 2.28. The van der Waals surface area contributed by atoms with Gasteiger partial charge in [-0.05, 0) is 32.8 Å². The molecular formula is C14H22N4O2. The Morgan fingerprint density at radius 2 is 2.10 bits per heavy atom. The lowest BCUT2D eigenvalue weighted by Crippen LogP contribution is -2.34. The van der Waals surface area contributed by atoms with Crippen LogP contribution in [0.5, 0.6) is 0 Å². The number of nitrogens with one attached hydrogen (secondary N) is 1. The monoisotopic (exact) mass is 278 g/mol. The zero-order valence-electron chi connectivity index (χ0n) is 12.1. The van der Waals surface area contributed by atoms with E-state index in [1.54, 1.807) is 12.1 Å². The van der Waals surface area contributed by atoms with Crippen molar-refractivity contribution in [2.45, 2.75) is 45.6 Å². The maximum atomic E-state index is 11.2. The average molecular weight is 278 g/mol. The van der Waals surface area contributed by atoms with Gasteiger partial charge in [0, 0.05) is 25.2 Å². The van der Waals surface area contributed by atoms with Gasteiger partial charge in [-0.15, -0.1) is 0 Å². The second-order valence-corrected chi connectivity index (χ2v) is 5.05. The predicted molar refractivity (Wildman–Crippen MR) is 80.3 cm³/mol. The fourth-order valence-corrected chi connectivity index (χ4v) is 2.87. The third kappa shape index (κ3) is 3.00. The van der Waals surface area contributed by atoms with E-state index in [4.69, 9.17) is 0 Å². The van der Waals surface area contributed by atoms with E-state index >= 15 is 0 Å². The van der Waals surface area contributed by atoms with Gasteiger partial charge in [0.2, 0.25) is 5.82 Å². The van der Waals surface area contributed by atoms with Gasteiger partial charge in [0.1, 0.15) is 5.82 Å². The van der Waals surface area contributed by atoms with E-state index < -0.39 is 0 Å². The van der Waals surface area contributed by atoms with E-state index in [2.05, 4.69) is 15.2 Å². The topological polar surface area (TPSA) is 71.3 Å². The number of anilines is 2. The smallest absolute Gasteiger partial charge is 0.311 e. The standard InChI is InChI=1S/C14H22N4O2/c1-3-15-13-10-9-12(18(19)20)14(16-13)17(4-2)11-7-5-6-8-11/h9-11H,3-8H2,1-2H3,(H,15,16). The molecule has 0 bridgehead atoms. The number of nitrogens with zero attached hydrogens (tertiary/aromatic N) is 3. The molecule has 1 saturated carbocycles. The maximum Gasteiger partial charge on any atom is 0.311 e. The summed E-state index contributed by atoms with van der Waals surface area (Å²) in [6, 6.07) is 3.61. The van der Waals surface area contributed by atoms with Crippen molar-refractivity contribution in [2.24, 2.45) is 0 Å². The minimum Gasteiger partial charge on any atom is -0.370 e. The summed E-state index contributed by atoms with van der Waals surface area (Å²) in [4.78, 5) is 17.5. The third-order valence-electron chi connectivity index (χ3n) is 3.79. The summed E-state index contributed by atoms with van der Waals surface area (Å²) >= 11 is 0. The van der Waals surface area contributed by atoms with Crippen LogP contribution in [-0.4, -0.2) is 29.0 Å². The number of aromatic nitrogens is 1. The highest BCUT2D eigenvalue weighted by atomic mass is 16.6. The van der Waals surface area contributed by atoms with E-state index in [1.807, 2.05) is 13.8 Å². The van der Waals surface area contributed by atoms with Crippen LogP contribution in [0, 0.1) is 10.1 Å². The molecule has 6 heteroatoms. The molecule has 1 heterocycles. The number of pyridine rings is 1. The highest BCUT2D eigenvalue weighted by Crippen LogP contribution is 2.33. The van der Waals surface area contributed by atoms with Crippen molar-refractivity contribution < 1.29 is 4.92 Å². The number of hydrogen-bond acceptors (Lipinski definition) is 5. The van der Waals surface area contributed by atoms with Crippen molar-refractivity contribution in [2.75, 3.05) is 23.3 Å². The molecule has 1 N–H and O–H groups in total. The van der Waals surface area contributed by atoms with Gasteiger partial charge in [0.15, 0.2) is 0 Å². The molecule has 1 aliphatic rings. The Hall–Kier alpha value is -1.85. The minimum atomic E-state index is -0.338. The third-order valence-corrected chi connectivity index (χ3v) is 3.79. The first-order valence-corrected chi connectivity index (χ1v) is 7.33. The van der Waals surface area contributed by atoms with Crippen LogP contribution in [0.2, 0.25) is 0 Å². The van der Waals surface area contributed by atoms with Gasteiger partial charge in [-0.25, -0.2) is 4.98 Å². The van der Waals surface area contributed by atoms with Gasteiger partial charge in [-0.1, -0.05) is 12.8 Å². The molecule has 0 amide bonds. The summed E-state index contributed by atoms with van der Waals surface area (Å²) in [6.07, 6.45) is 4.58. The largest absolute Gasteiger partial charge is 0.370 e. The molecule has 1 aliphatic carbocycles. The summed E-state index contributed by atoms with van der Waals surface area (Å²) in [5, 5.41) is 14.4. The molecule has 2 rings (SSSR count). The lowest BCUT2D eigenvalue weighted by Gasteiger charge is -2.28. The molecular weight excluding hydrogens is 256 g/mol. The molecule has 110 valence electrons. The van der Waals surface area contributed by atoms with E-state index in [0.717, 1.165) is 25.9 Å². The Balaban J connectivity index is 2.38. The molecule has 20 heavy (non-hydrogen) atoms. The normalized spacial score (nSPS) is 15.3. The van der Waals surface area contributed by atoms with Gasteiger partial charge in [-0.2, -0.15) is 0 Å². The predicted octanol–water partition coefficient (Wildman–Crippen LogP) is 3.19. The van der Waals surface area contributed by atoms with Crippen LogP contribution in [0.1, 0.15) is 39.5 Å². The summed E-state index contributed by atoms with van der Waals surface area (Å²) in [7, 11) is 0. The lowest BCUT2D eigenvalue weighted by molar-refractivity contribution is -0.384. The molecule has 0 saturated heterocycles. The molecule has 0 atom stereocenters. The summed E-state index contributed by atoms with van der Waals surface area (Å²) in [6.45, 7) is 5.51. The van der Waals surface area contributed by atoms with Gasteiger partial charge >= 0.3 is 5.69 Å². The molecule has 0 spiro atoms. The Labute approximate surface area is 119 Å². The van der Waals surface area contributed by atoms with Gasteiger partial charge in [0.25, 0.3) is 0 Å². The second kappa shape index (κ2) is 6.54. The van der Waals surface area contributed by atoms with Crippen molar-refractivity contribution in [3.63, 3.8) is 0 Å². The zero-order valence-corrected chi connectivity index (χ0v) is 12.1. The summed E-state index contributed by atoms with van der Waals surface area (Å²) < 4.78 is 0. The fraction of sp³-hybridized carbons (Fsp3) is 0.643. The van der Waals surface area contributed by atoms with E-state index in [-0.39, 0.29) is 10.6 Å². The first-order valence-electron chi connectivity index (χ1n) is 7.33. The van der Waals surface area contributed by atoms with Gasteiger partial charge in [0.05, 0.1) is 4.92 Å². The SMILES string of the molecule is CCNc1ccc([N+](=O)[O-])c(N(CC)C2CCCC2)n1. The van der Waals surface area contributed by atoms with Crippen LogP contribution < -0.4 is 10.2 Å². The highest BCUT2D eigenvalue weighted by molar-refractivity contribution is 5.62. The second-order valence-electron chi connectivity index (χ2n) is 5.05. The molecule has 1 aromatic rings. The molecule has 0 aliphatic heterocycles. The van der Waals surface area contributed by atoms with Crippen LogP contribution in [-0.2, 0) is 0 Å². The number of hydrogen-bond donors (Lipinski definition) is 1. The summed E-state index contributed by atoms with van der Waals surface area (Å²) in [5.41, 5.74) is 0.0976. The van der Waals surface area contributed by atoms with E-state index in [1.165, 1.54) is 12.8 Å². The van der Waals surface area contributed by atoms with Crippen molar-refractivity contribution in [1.29, 1.82) is 0 Å². The molecule has 0 unspecified atom stereocenters. The fourth-order valence-electron chi connectivity index (χ4n) is 2.87. The quantitative estimate of drug-likeness (QED) is 0.639. The van der Waals surface area contributed by atoms with Crippen molar-refractivity contribution in [3.05, 3.63) is 22.2 Å². The van der Waals surface area contributed by atoms with Crippen LogP contribution in [0.25, 0.3) is 0 Å². The molecule has 1 fully saturated rings. The molecule has 0 radical (unpaired) electrons. The van der Waals surface area contributed by atoms with E-state index in [0.29, 0.717) is 17.7 Å². The van der Waals surface area contributed by atoms with E-state index in [9.17, 15) is 10.1 Å². The number of rotatable bonds is 6. The van der Waals surface area contributed by atoms with Crippen LogP contribution >= 0.6 is 0 Å². The van der Waals surface area contributed by atoms with Crippen molar-refractivity contribution >= 4 is 17.3 Å². The van der Waals surface area contributed by atoms with Crippen LogP contribution in [0.3, 0.4) is 0 Å². The van der Waals surface area contributed by atoms with Crippen LogP contribution in [0.4, 0.5) is 17.3 Å².